The molecule has 2 heterocycles. The lowest BCUT2D eigenvalue weighted by Gasteiger charge is -2.26. The maximum Gasteiger partial charge on any atom is 0.241 e. The number of rotatable bonds is 7. The van der Waals surface area contributed by atoms with Crippen molar-refractivity contribution in [1.29, 1.82) is 0 Å². The molecule has 3 rings (SSSR count). The topological polar surface area (TPSA) is 72.5 Å². The SMILES string of the molecule is CCCC(N)C(=O)Nc1ccc2c(ccn2CCN2CCOCC2)c1. The molecule has 3 N–H and O–H groups in total. The van der Waals surface area contributed by atoms with Crippen molar-refractivity contribution in [1.82, 2.24) is 9.47 Å². The number of anilines is 1. The second-order valence-electron chi connectivity index (χ2n) is 6.62. The molecule has 1 aromatic heterocycles. The molecule has 1 atom stereocenters. The van der Waals surface area contributed by atoms with Crippen molar-refractivity contribution >= 4 is 22.5 Å². The summed E-state index contributed by atoms with van der Waals surface area (Å²) in [6.45, 7) is 7.68. The van der Waals surface area contributed by atoms with Crippen LogP contribution >= 0.6 is 0 Å². The average molecular weight is 344 g/mol. The molecule has 1 fully saturated rings. The second kappa shape index (κ2) is 8.47. The Hall–Kier alpha value is -1.89. The number of hydrogen-bond donors (Lipinski definition) is 2. The number of benzene rings is 1. The Morgan fingerprint density at radius 3 is 2.84 bits per heavy atom. The van der Waals surface area contributed by atoms with Crippen LogP contribution in [0.4, 0.5) is 5.69 Å². The highest BCUT2D eigenvalue weighted by Crippen LogP contribution is 2.21. The summed E-state index contributed by atoms with van der Waals surface area (Å²) in [5.74, 6) is -0.118. The number of amides is 1. The van der Waals surface area contributed by atoms with E-state index in [2.05, 4.69) is 33.1 Å². The van der Waals surface area contributed by atoms with Crippen LogP contribution < -0.4 is 11.1 Å². The Labute approximate surface area is 148 Å². The minimum absolute atomic E-state index is 0.118. The highest BCUT2D eigenvalue weighted by atomic mass is 16.5. The quantitative estimate of drug-likeness (QED) is 0.806. The van der Waals surface area contributed by atoms with E-state index >= 15 is 0 Å². The molecule has 1 unspecified atom stereocenters. The number of carbonyl (C=O) groups excluding carboxylic acids is 1. The zero-order valence-corrected chi connectivity index (χ0v) is 14.9. The molecule has 1 aromatic carbocycles. The third kappa shape index (κ3) is 4.60. The summed E-state index contributed by atoms with van der Waals surface area (Å²) < 4.78 is 7.66. The van der Waals surface area contributed by atoms with Gasteiger partial charge in [0.15, 0.2) is 0 Å². The van der Waals surface area contributed by atoms with Gasteiger partial charge in [-0.2, -0.15) is 0 Å². The van der Waals surface area contributed by atoms with Crippen molar-refractivity contribution in [2.45, 2.75) is 32.4 Å². The average Bonchev–Trinajstić information content (AvgIpc) is 3.03. The van der Waals surface area contributed by atoms with Crippen molar-refractivity contribution in [3.8, 4) is 0 Å². The first-order chi connectivity index (χ1) is 12.2. The van der Waals surface area contributed by atoms with E-state index < -0.39 is 6.04 Å². The van der Waals surface area contributed by atoms with Crippen LogP contribution in [0.15, 0.2) is 30.5 Å². The Bertz CT molecular complexity index is 707. The van der Waals surface area contributed by atoms with E-state index in [-0.39, 0.29) is 5.91 Å². The molecule has 1 aliphatic rings. The van der Waals surface area contributed by atoms with Crippen LogP contribution in [0.5, 0.6) is 0 Å². The molecule has 25 heavy (non-hydrogen) atoms. The fraction of sp³-hybridized carbons (Fsp3) is 0.526. The van der Waals surface area contributed by atoms with E-state index in [1.54, 1.807) is 0 Å². The van der Waals surface area contributed by atoms with Crippen LogP contribution in [0.2, 0.25) is 0 Å². The molecular weight excluding hydrogens is 316 g/mol. The van der Waals surface area contributed by atoms with E-state index in [1.165, 1.54) is 5.52 Å². The molecule has 0 saturated carbocycles. The van der Waals surface area contributed by atoms with Gasteiger partial charge in [0.25, 0.3) is 0 Å². The second-order valence-corrected chi connectivity index (χ2v) is 6.62. The standard InChI is InChI=1S/C19H28N4O2/c1-2-3-17(20)19(24)21-16-4-5-18-15(14-16)6-7-23(18)9-8-22-10-12-25-13-11-22/h4-7,14,17H,2-3,8-13,20H2,1H3,(H,21,24). The first kappa shape index (κ1) is 17.9. The largest absolute Gasteiger partial charge is 0.379 e. The number of ether oxygens (including phenoxy) is 1. The number of nitrogens with zero attached hydrogens (tertiary/aromatic N) is 2. The molecule has 1 amide bonds. The lowest BCUT2D eigenvalue weighted by Crippen LogP contribution is -2.38. The number of nitrogens with two attached hydrogens (primary N) is 1. The van der Waals surface area contributed by atoms with Gasteiger partial charge in [-0.3, -0.25) is 9.69 Å². The van der Waals surface area contributed by atoms with Gasteiger partial charge in [0.2, 0.25) is 5.91 Å². The van der Waals surface area contributed by atoms with Gasteiger partial charge >= 0.3 is 0 Å². The molecule has 1 aliphatic heterocycles. The summed E-state index contributed by atoms with van der Waals surface area (Å²) in [5, 5.41) is 4.04. The number of morpholine rings is 1. The fourth-order valence-electron chi connectivity index (χ4n) is 3.22. The van der Waals surface area contributed by atoms with Crippen LogP contribution in [0.3, 0.4) is 0 Å². The van der Waals surface area contributed by atoms with Crippen molar-refractivity contribution in [3.63, 3.8) is 0 Å². The number of carbonyl (C=O) groups is 1. The summed E-state index contributed by atoms with van der Waals surface area (Å²) in [7, 11) is 0. The van der Waals surface area contributed by atoms with Crippen LogP contribution in [0, 0.1) is 0 Å². The summed E-state index contributed by atoms with van der Waals surface area (Å²) in [5.41, 5.74) is 7.86. The third-order valence-corrected chi connectivity index (χ3v) is 4.74. The molecule has 6 heteroatoms. The van der Waals surface area contributed by atoms with Crippen molar-refractivity contribution in [3.05, 3.63) is 30.5 Å². The Kier molecular flexibility index (Phi) is 6.07. The highest BCUT2D eigenvalue weighted by molar-refractivity contribution is 5.96. The van der Waals surface area contributed by atoms with Gasteiger partial charge in [0, 0.05) is 49.0 Å². The van der Waals surface area contributed by atoms with Gasteiger partial charge in [-0.05, 0) is 30.7 Å². The monoisotopic (exact) mass is 344 g/mol. The van der Waals surface area contributed by atoms with E-state index in [0.29, 0.717) is 6.42 Å². The molecule has 0 radical (unpaired) electrons. The summed E-state index contributed by atoms with van der Waals surface area (Å²) >= 11 is 0. The predicted octanol–water partition coefficient (Wildman–Crippen LogP) is 2.04. The van der Waals surface area contributed by atoms with Gasteiger partial charge in [0.05, 0.1) is 19.3 Å². The molecule has 6 nitrogen and oxygen atoms in total. The lowest BCUT2D eigenvalue weighted by molar-refractivity contribution is -0.117. The first-order valence-corrected chi connectivity index (χ1v) is 9.13. The minimum atomic E-state index is -0.446. The van der Waals surface area contributed by atoms with Gasteiger partial charge < -0.3 is 20.4 Å². The lowest BCUT2D eigenvalue weighted by atomic mass is 10.1. The predicted molar refractivity (Wildman–Crippen MR) is 101 cm³/mol. The maximum atomic E-state index is 12.1. The Morgan fingerprint density at radius 1 is 1.28 bits per heavy atom. The summed E-state index contributed by atoms with van der Waals surface area (Å²) in [6.07, 6.45) is 3.71. The van der Waals surface area contributed by atoms with E-state index in [4.69, 9.17) is 10.5 Å². The molecule has 1 saturated heterocycles. The maximum absolute atomic E-state index is 12.1. The Morgan fingerprint density at radius 2 is 2.08 bits per heavy atom. The highest BCUT2D eigenvalue weighted by Gasteiger charge is 2.13. The van der Waals surface area contributed by atoms with E-state index in [9.17, 15) is 4.79 Å². The van der Waals surface area contributed by atoms with Crippen LogP contribution in [0.25, 0.3) is 10.9 Å². The van der Waals surface area contributed by atoms with Crippen LogP contribution in [0.1, 0.15) is 19.8 Å². The van der Waals surface area contributed by atoms with E-state index in [0.717, 1.165) is 56.9 Å². The molecule has 0 spiro atoms. The smallest absolute Gasteiger partial charge is 0.241 e. The van der Waals surface area contributed by atoms with Crippen molar-refractivity contribution in [2.75, 3.05) is 38.2 Å². The van der Waals surface area contributed by atoms with Gasteiger partial charge in [-0.25, -0.2) is 0 Å². The van der Waals surface area contributed by atoms with Gasteiger partial charge in [-0.1, -0.05) is 13.3 Å². The molecule has 0 bridgehead atoms. The van der Waals surface area contributed by atoms with E-state index in [1.807, 2.05) is 19.1 Å². The van der Waals surface area contributed by atoms with Gasteiger partial charge in [0.1, 0.15) is 0 Å². The minimum Gasteiger partial charge on any atom is -0.379 e. The fourth-order valence-corrected chi connectivity index (χ4v) is 3.22. The number of fused-ring (bicyclic) bond motifs is 1. The van der Waals surface area contributed by atoms with Crippen LogP contribution in [-0.2, 0) is 16.1 Å². The van der Waals surface area contributed by atoms with Crippen molar-refractivity contribution in [2.24, 2.45) is 5.73 Å². The normalized spacial score (nSPS) is 16.9. The summed E-state index contributed by atoms with van der Waals surface area (Å²) in [6, 6.07) is 7.67. The van der Waals surface area contributed by atoms with Crippen LogP contribution in [-0.4, -0.2) is 54.3 Å². The summed E-state index contributed by atoms with van der Waals surface area (Å²) in [4.78, 5) is 14.5. The zero-order chi connectivity index (χ0) is 17.6. The first-order valence-electron chi connectivity index (χ1n) is 9.13. The molecule has 2 aromatic rings. The number of aromatic nitrogens is 1. The van der Waals surface area contributed by atoms with Gasteiger partial charge in [-0.15, -0.1) is 0 Å². The molecular formula is C19H28N4O2. The molecule has 136 valence electrons. The van der Waals surface area contributed by atoms with Crippen molar-refractivity contribution < 1.29 is 9.53 Å². The number of hydrogen-bond acceptors (Lipinski definition) is 4. The molecule has 0 aliphatic carbocycles. The Balaban J connectivity index is 1.63. The number of nitrogens with one attached hydrogen (secondary N) is 1. The third-order valence-electron chi connectivity index (χ3n) is 4.74. The zero-order valence-electron chi connectivity index (χ0n) is 14.9.